The van der Waals surface area contributed by atoms with E-state index in [0.717, 1.165) is 4.90 Å². The highest BCUT2D eigenvalue weighted by molar-refractivity contribution is 6.22. The van der Waals surface area contributed by atoms with E-state index in [-0.39, 0.29) is 28.4 Å². The van der Waals surface area contributed by atoms with Gasteiger partial charge in [-0.15, -0.1) is 0 Å². The summed E-state index contributed by atoms with van der Waals surface area (Å²) in [5, 5.41) is 11.6. The molecule has 3 rings (SSSR count). The van der Waals surface area contributed by atoms with Crippen molar-refractivity contribution in [2.24, 2.45) is 0 Å². The zero-order valence-electron chi connectivity index (χ0n) is 13.1. The topological polar surface area (TPSA) is 104 Å². The molecule has 0 unspecified atom stereocenters. The molecule has 1 heterocycles. The third-order valence-corrected chi connectivity index (χ3v) is 3.83. The second-order valence-electron chi connectivity index (χ2n) is 5.38. The quantitative estimate of drug-likeness (QED) is 0.830. The Labute approximate surface area is 142 Å². The normalized spacial score (nSPS) is 13.1. The second kappa shape index (κ2) is 6.20. The molecule has 0 bridgehead atoms. The van der Waals surface area contributed by atoms with Crippen LogP contribution < -0.4 is 5.32 Å². The largest absolute Gasteiger partial charge is 0.478 e. The second-order valence-corrected chi connectivity index (χ2v) is 5.38. The smallest absolute Gasteiger partial charge is 0.336 e. The summed E-state index contributed by atoms with van der Waals surface area (Å²) in [6.45, 7) is 1.41. The third kappa shape index (κ3) is 2.76. The molecule has 1 aliphatic heterocycles. The zero-order chi connectivity index (χ0) is 18.1. The van der Waals surface area contributed by atoms with Crippen molar-refractivity contribution in [1.82, 2.24) is 10.2 Å². The molecule has 0 aromatic heterocycles. The molecule has 0 fully saturated rings. The van der Waals surface area contributed by atoms with Crippen LogP contribution in [0.25, 0.3) is 0 Å². The summed E-state index contributed by atoms with van der Waals surface area (Å²) in [7, 11) is 0. The predicted molar refractivity (Wildman–Crippen MR) is 86.7 cm³/mol. The number of hydrogen-bond acceptors (Lipinski definition) is 4. The van der Waals surface area contributed by atoms with Gasteiger partial charge in [-0.25, -0.2) is 9.69 Å². The van der Waals surface area contributed by atoms with Gasteiger partial charge in [0, 0.05) is 0 Å². The van der Waals surface area contributed by atoms with Crippen molar-refractivity contribution in [3.05, 3.63) is 77.0 Å². The Hall–Kier alpha value is -3.48. The number of rotatable bonds is 4. The molecule has 0 atom stereocenters. The fourth-order valence-corrected chi connectivity index (χ4v) is 2.65. The van der Waals surface area contributed by atoms with E-state index in [2.05, 4.69) is 5.32 Å². The number of carboxylic acids is 1. The standard InChI is InChI=1S/C18H13N2O5/c1-10(19-15(21)11-6-2-5-9-14(11)18(24)25)20-16(22)12-7-3-4-8-13(12)17(20)23/h2-9H,1H3,(H,19,21)(H,24,25). The van der Waals surface area contributed by atoms with Gasteiger partial charge in [-0.3, -0.25) is 14.4 Å². The van der Waals surface area contributed by atoms with Crippen molar-refractivity contribution in [3.63, 3.8) is 0 Å². The van der Waals surface area contributed by atoms with Gasteiger partial charge < -0.3 is 10.4 Å². The van der Waals surface area contributed by atoms with Crippen LogP contribution in [0.3, 0.4) is 0 Å². The van der Waals surface area contributed by atoms with Crippen LogP contribution >= 0.6 is 0 Å². The van der Waals surface area contributed by atoms with Gasteiger partial charge >= 0.3 is 5.97 Å². The molecule has 1 radical (unpaired) electrons. The first-order chi connectivity index (χ1) is 11.9. The molecule has 25 heavy (non-hydrogen) atoms. The van der Waals surface area contributed by atoms with Crippen molar-refractivity contribution in [2.75, 3.05) is 0 Å². The first-order valence-electron chi connectivity index (χ1n) is 7.37. The SMILES string of the molecule is C[C](NC(=O)c1ccccc1C(=O)O)N1C(=O)c2ccccc2C1=O. The molecule has 2 aromatic rings. The Morgan fingerprint density at radius 3 is 1.88 bits per heavy atom. The predicted octanol–water partition coefficient (Wildman–Crippen LogP) is 1.92. The number of benzene rings is 2. The molecule has 0 spiro atoms. The van der Waals surface area contributed by atoms with Crippen molar-refractivity contribution < 1.29 is 24.3 Å². The van der Waals surface area contributed by atoms with Crippen molar-refractivity contribution in [2.45, 2.75) is 6.92 Å². The maximum Gasteiger partial charge on any atom is 0.336 e. The van der Waals surface area contributed by atoms with E-state index >= 15 is 0 Å². The first-order valence-corrected chi connectivity index (χ1v) is 7.37. The Morgan fingerprint density at radius 1 is 0.880 bits per heavy atom. The van der Waals surface area contributed by atoms with Crippen LogP contribution in [0.2, 0.25) is 0 Å². The Morgan fingerprint density at radius 2 is 1.36 bits per heavy atom. The van der Waals surface area contributed by atoms with Crippen LogP contribution in [0.5, 0.6) is 0 Å². The number of carbonyl (C=O) groups excluding carboxylic acids is 3. The fourth-order valence-electron chi connectivity index (χ4n) is 2.65. The monoisotopic (exact) mass is 337 g/mol. The van der Waals surface area contributed by atoms with Crippen molar-refractivity contribution in [3.8, 4) is 0 Å². The van der Waals surface area contributed by atoms with E-state index < -0.39 is 23.7 Å². The summed E-state index contributed by atoms with van der Waals surface area (Å²) in [5.74, 6) is -3.04. The number of aromatic carboxylic acids is 1. The minimum Gasteiger partial charge on any atom is -0.478 e. The highest BCUT2D eigenvalue weighted by Gasteiger charge is 2.39. The zero-order valence-corrected chi connectivity index (χ0v) is 13.1. The van der Waals surface area contributed by atoms with Crippen LogP contribution in [-0.4, -0.2) is 33.7 Å². The summed E-state index contributed by atoms with van der Waals surface area (Å²) in [5.41, 5.74) is 0.278. The van der Waals surface area contributed by atoms with Gasteiger partial charge in [0.05, 0.1) is 22.3 Å². The number of amides is 3. The maximum atomic E-state index is 12.4. The lowest BCUT2D eigenvalue weighted by atomic mass is 10.1. The number of nitrogens with zero attached hydrogens (tertiary/aromatic N) is 1. The summed E-state index contributed by atoms with van der Waals surface area (Å²) in [6.07, 6.45) is 0.0105. The number of hydrogen-bond donors (Lipinski definition) is 2. The first kappa shape index (κ1) is 16.4. The van der Waals surface area contributed by atoms with Crippen LogP contribution in [0.1, 0.15) is 48.4 Å². The summed E-state index contributed by atoms with van der Waals surface area (Å²) < 4.78 is 0. The number of carboxylic acid groups (broad SMARTS) is 1. The lowest BCUT2D eigenvalue weighted by molar-refractivity contribution is 0.0636. The van der Waals surface area contributed by atoms with Crippen molar-refractivity contribution >= 4 is 23.7 Å². The van der Waals surface area contributed by atoms with E-state index in [1.807, 2.05) is 0 Å². The number of carbonyl (C=O) groups is 4. The Kier molecular flexibility index (Phi) is 4.06. The highest BCUT2D eigenvalue weighted by Crippen LogP contribution is 2.26. The number of imide groups is 1. The van der Waals surface area contributed by atoms with E-state index in [1.54, 1.807) is 12.1 Å². The molecule has 2 N–H and O–H groups in total. The average Bonchev–Trinajstić information content (AvgIpc) is 2.86. The number of fused-ring (bicyclic) bond motifs is 1. The minimum atomic E-state index is -1.25. The van der Waals surface area contributed by atoms with Gasteiger partial charge in [-0.2, -0.15) is 0 Å². The molecule has 3 amide bonds. The molecular formula is C18H13N2O5. The highest BCUT2D eigenvalue weighted by atomic mass is 16.4. The minimum absolute atomic E-state index is 0.0105. The third-order valence-electron chi connectivity index (χ3n) is 3.83. The van der Waals surface area contributed by atoms with Gasteiger partial charge in [0.15, 0.2) is 6.17 Å². The van der Waals surface area contributed by atoms with Crippen LogP contribution in [0.4, 0.5) is 0 Å². The average molecular weight is 337 g/mol. The van der Waals surface area contributed by atoms with E-state index in [0.29, 0.717) is 0 Å². The van der Waals surface area contributed by atoms with Crippen LogP contribution in [-0.2, 0) is 0 Å². The lowest BCUT2D eigenvalue weighted by Gasteiger charge is -2.22. The van der Waals surface area contributed by atoms with Gasteiger partial charge in [0.1, 0.15) is 0 Å². The van der Waals surface area contributed by atoms with E-state index in [9.17, 15) is 19.2 Å². The molecule has 125 valence electrons. The van der Waals surface area contributed by atoms with E-state index in [4.69, 9.17) is 5.11 Å². The van der Waals surface area contributed by atoms with Gasteiger partial charge in [-0.1, -0.05) is 24.3 Å². The van der Waals surface area contributed by atoms with Crippen LogP contribution in [0.15, 0.2) is 48.5 Å². The summed E-state index contributed by atoms with van der Waals surface area (Å²) >= 11 is 0. The lowest BCUT2D eigenvalue weighted by Crippen LogP contribution is -2.43. The Balaban J connectivity index is 1.83. The summed E-state index contributed by atoms with van der Waals surface area (Å²) in [6, 6.07) is 12.0. The molecule has 0 saturated heterocycles. The molecule has 0 aliphatic carbocycles. The van der Waals surface area contributed by atoms with Gasteiger partial charge in [0.2, 0.25) is 0 Å². The molecule has 2 aromatic carbocycles. The van der Waals surface area contributed by atoms with E-state index in [1.165, 1.54) is 43.3 Å². The molecule has 1 aliphatic rings. The van der Waals surface area contributed by atoms with Crippen LogP contribution in [0, 0.1) is 6.17 Å². The molecular weight excluding hydrogens is 324 g/mol. The molecule has 0 saturated carbocycles. The van der Waals surface area contributed by atoms with Gasteiger partial charge in [0.25, 0.3) is 17.7 Å². The molecule has 7 heteroatoms. The van der Waals surface area contributed by atoms with Crippen molar-refractivity contribution in [1.29, 1.82) is 0 Å². The molecule has 7 nitrogen and oxygen atoms in total. The summed E-state index contributed by atoms with van der Waals surface area (Å²) in [4.78, 5) is 49.2. The number of nitrogens with one attached hydrogen (secondary N) is 1. The Bertz CT molecular complexity index is 871. The fraction of sp³-hybridized carbons (Fsp3) is 0.0556. The maximum absolute atomic E-state index is 12.4. The van der Waals surface area contributed by atoms with Gasteiger partial charge in [-0.05, 0) is 31.2 Å².